The predicted octanol–water partition coefficient (Wildman–Crippen LogP) is -0.374. The van der Waals surface area contributed by atoms with Gasteiger partial charge in [-0.2, -0.15) is 0 Å². The second-order valence-corrected chi connectivity index (χ2v) is 3.22. The van der Waals surface area contributed by atoms with Crippen LogP contribution < -0.4 is 10.2 Å². The van der Waals surface area contributed by atoms with Crippen LogP contribution in [0.25, 0.3) is 0 Å². The van der Waals surface area contributed by atoms with E-state index >= 15 is 0 Å². The van der Waals surface area contributed by atoms with E-state index in [0.717, 1.165) is 0 Å². The van der Waals surface area contributed by atoms with E-state index in [2.05, 4.69) is 10.3 Å². The molecule has 0 spiro atoms. The van der Waals surface area contributed by atoms with Crippen LogP contribution in [0, 0.1) is 0 Å². The molecule has 1 fully saturated rings. The molecule has 1 aliphatic rings. The third-order valence-corrected chi connectivity index (χ3v) is 2.31. The molecule has 1 unspecified atom stereocenters. The van der Waals surface area contributed by atoms with Gasteiger partial charge in [0.15, 0.2) is 0 Å². The Kier molecular flexibility index (Phi) is 2.98. The first kappa shape index (κ1) is 10.1. The van der Waals surface area contributed by atoms with E-state index in [1.807, 2.05) is 0 Å². The average molecular weight is 211 g/mol. The molecule has 0 aliphatic carbocycles. The van der Waals surface area contributed by atoms with Crippen LogP contribution >= 0.6 is 0 Å². The van der Waals surface area contributed by atoms with Crippen LogP contribution in [0.2, 0.25) is 0 Å². The Morgan fingerprint density at radius 1 is 1.67 bits per heavy atom. The summed E-state index contributed by atoms with van der Waals surface area (Å²) in [5.41, 5.74) is 0. The molecule has 2 rings (SSSR count). The van der Waals surface area contributed by atoms with E-state index in [4.69, 9.17) is 9.15 Å². The molecule has 82 valence electrons. The molecule has 1 aromatic rings. The number of oxazole rings is 1. The van der Waals surface area contributed by atoms with Crippen molar-refractivity contribution in [1.29, 1.82) is 0 Å². The van der Waals surface area contributed by atoms with Crippen molar-refractivity contribution in [2.75, 3.05) is 31.7 Å². The van der Waals surface area contributed by atoms with Crippen molar-refractivity contribution in [3.05, 3.63) is 12.5 Å². The highest BCUT2D eigenvalue weighted by molar-refractivity contribution is 5.95. The van der Waals surface area contributed by atoms with Crippen molar-refractivity contribution in [3.8, 4) is 0 Å². The third kappa shape index (κ3) is 2.00. The Morgan fingerprint density at radius 2 is 2.53 bits per heavy atom. The van der Waals surface area contributed by atoms with Gasteiger partial charge in [0.2, 0.25) is 5.91 Å². The van der Waals surface area contributed by atoms with Gasteiger partial charge in [-0.05, 0) is 7.05 Å². The number of rotatable bonds is 2. The van der Waals surface area contributed by atoms with Gasteiger partial charge in [-0.3, -0.25) is 9.69 Å². The summed E-state index contributed by atoms with van der Waals surface area (Å²) in [6.45, 7) is 1.34. The summed E-state index contributed by atoms with van der Waals surface area (Å²) in [7, 11) is 1.73. The van der Waals surface area contributed by atoms with Gasteiger partial charge in [-0.15, -0.1) is 0 Å². The Balaban J connectivity index is 2.19. The van der Waals surface area contributed by atoms with Crippen LogP contribution in [0.15, 0.2) is 16.9 Å². The Hall–Kier alpha value is -1.40. The first-order valence-electron chi connectivity index (χ1n) is 4.79. The summed E-state index contributed by atoms with van der Waals surface area (Å²) in [6, 6.07) is -0.00912. The van der Waals surface area contributed by atoms with Gasteiger partial charge < -0.3 is 14.5 Å². The second kappa shape index (κ2) is 4.41. The van der Waals surface area contributed by atoms with E-state index in [1.165, 1.54) is 17.4 Å². The smallest absolute Gasteiger partial charge is 0.304 e. The molecule has 1 atom stereocenters. The van der Waals surface area contributed by atoms with Crippen molar-refractivity contribution in [1.82, 2.24) is 10.3 Å². The van der Waals surface area contributed by atoms with Gasteiger partial charge in [-0.25, -0.2) is 4.98 Å². The maximum atomic E-state index is 12.0. The van der Waals surface area contributed by atoms with E-state index < -0.39 is 0 Å². The van der Waals surface area contributed by atoms with Crippen LogP contribution in [0.1, 0.15) is 0 Å². The number of amides is 1. The lowest BCUT2D eigenvalue weighted by atomic mass is 10.3. The Morgan fingerprint density at radius 3 is 3.20 bits per heavy atom. The van der Waals surface area contributed by atoms with Crippen LogP contribution in [0.3, 0.4) is 0 Å². The van der Waals surface area contributed by atoms with Gasteiger partial charge in [0, 0.05) is 0 Å². The van der Waals surface area contributed by atoms with Crippen molar-refractivity contribution < 1.29 is 13.9 Å². The van der Waals surface area contributed by atoms with Gasteiger partial charge in [-0.1, -0.05) is 0 Å². The standard InChI is InChI=1S/C9H13N3O3/c1-10-7-6-14-5-3-12(8(7)13)9-11-2-4-15-9/h2,4,7,10H,3,5-6H2,1H3. The summed E-state index contributed by atoms with van der Waals surface area (Å²) < 4.78 is 10.4. The zero-order valence-electron chi connectivity index (χ0n) is 8.47. The molecular weight excluding hydrogens is 198 g/mol. The van der Waals surface area contributed by atoms with Crippen molar-refractivity contribution in [2.45, 2.75) is 6.04 Å². The highest BCUT2D eigenvalue weighted by Crippen LogP contribution is 2.13. The molecule has 2 heterocycles. The molecule has 1 N–H and O–H groups in total. The highest BCUT2D eigenvalue weighted by atomic mass is 16.5. The maximum Gasteiger partial charge on any atom is 0.304 e. The number of nitrogens with one attached hydrogen (secondary N) is 1. The number of carbonyl (C=O) groups is 1. The quantitative estimate of drug-likeness (QED) is 0.722. The fourth-order valence-corrected chi connectivity index (χ4v) is 1.47. The minimum atomic E-state index is -0.334. The number of likely N-dealkylation sites (N-methyl/N-ethyl adjacent to an activating group) is 1. The van der Waals surface area contributed by atoms with Crippen LogP contribution in [-0.2, 0) is 9.53 Å². The molecule has 0 bridgehead atoms. The first-order chi connectivity index (χ1) is 7.33. The first-order valence-corrected chi connectivity index (χ1v) is 4.79. The number of anilines is 1. The minimum Gasteiger partial charge on any atom is -0.432 e. The SMILES string of the molecule is CNC1COCCN(c2ncco2)C1=O. The normalized spacial score (nSPS) is 22.9. The maximum absolute atomic E-state index is 12.0. The van der Waals surface area contributed by atoms with Crippen molar-refractivity contribution >= 4 is 11.9 Å². The van der Waals surface area contributed by atoms with Crippen molar-refractivity contribution in [3.63, 3.8) is 0 Å². The van der Waals surface area contributed by atoms with Gasteiger partial charge in [0.1, 0.15) is 12.3 Å². The van der Waals surface area contributed by atoms with Gasteiger partial charge >= 0.3 is 6.01 Å². The van der Waals surface area contributed by atoms with Crippen molar-refractivity contribution in [2.24, 2.45) is 0 Å². The zero-order chi connectivity index (χ0) is 10.7. The molecule has 1 aliphatic heterocycles. The van der Waals surface area contributed by atoms with Crippen LogP contribution in [-0.4, -0.2) is 43.7 Å². The Labute approximate surface area is 87.2 Å². The lowest BCUT2D eigenvalue weighted by molar-refractivity contribution is -0.120. The fourth-order valence-electron chi connectivity index (χ4n) is 1.47. The number of hydrogen-bond donors (Lipinski definition) is 1. The van der Waals surface area contributed by atoms with E-state index in [0.29, 0.717) is 25.8 Å². The summed E-state index contributed by atoms with van der Waals surface area (Å²) >= 11 is 0. The lowest BCUT2D eigenvalue weighted by Gasteiger charge is -2.18. The lowest BCUT2D eigenvalue weighted by Crippen LogP contribution is -2.46. The van der Waals surface area contributed by atoms with E-state index in [1.54, 1.807) is 7.05 Å². The Bertz CT molecular complexity index is 325. The number of aromatic nitrogens is 1. The zero-order valence-corrected chi connectivity index (χ0v) is 8.47. The molecule has 1 amide bonds. The second-order valence-electron chi connectivity index (χ2n) is 3.22. The molecule has 6 heteroatoms. The van der Waals surface area contributed by atoms with E-state index in [-0.39, 0.29) is 11.9 Å². The average Bonchev–Trinajstić information content (AvgIpc) is 2.70. The number of carbonyl (C=O) groups excluding carboxylic acids is 1. The monoisotopic (exact) mass is 211 g/mol. The van der Waals surface area contributed by atoms with Gasteiger partial charge in [0.25, 0.3) is 0 Å². The fraction of sp³-hybridized carbons (Fsp3) is 0.556. The minimum absolute atomic E-state index is 0.0718. The van der Waals surface area contributed by atoms with E-state index in [9.17, 15) is 4.79 Å². The molecule has 15 heavy (non-hydrogen) atoms. The molecule has 0 radical (unpaired) electrons. The number of ether oxygens (including phenoxy) is 1. The van der Waals surface area contributed by atoms with Crippen LogP contribution in [0.4, 0.5) is 6.01 Å². The topological polar surface area (TPSA) is 67.6 Å². The predicted molar refractivity (Wildman–Crippen MR) is 52.5 cm³/mol. The van der Waals surface area contributed by atoms with Crippen LogP contribution in [0.5, 0.6) is 0 Å². The summed E-state index contributed by atoms with van der Waals surface area (Å²) in [5, 5.41) is 2.90. The molecular formula is C9H13N3O3. The van der Waals surface area contributed by atoms with Gasteiger partial charge in [0.05, 0.1) is 26.0 Å². The highest BCUT2D eigenvalue weighted by Gasteiger charge is 2.29. The molecule has 0 aromatic carbocycles. The number of nitrogens with zero attached hydrogens (tertiary/aromatic N) is 2. The molecule has 0 saturated carbocycles. The summed E-state index contributed by atoms with van der Waals surface area (Å²) in [4.78, 5) is 17.4. The third-order valence-electron chi connectivity index (χ3n) is 2.31. The number of hydrogen-bond acceptors (Lipinski definition) is 5. The summed E-state index contributed by atoms with van der Waals surface area (Å²) in [6.07, 6.45) is 2.96. The molecule has 1 saturated heterocycles. The largest absolute Gasteiger partial charge is 0.432 e. The molecule has 6 nitrogen and oxygen atoms in total. The summed E-state index contributed by atoms with van der Waals surface area (Å²) in [5.74, 6) is -0.0718. The molecule has 1 aromatic heterocycles.